The minimum atomic E-state index is -0.168. The monoisotopic (exact) mass is 223 g/mol. The van der Waals surface area contributed by atoms with Gasteiger partial charge in [-0.25, -0.2) is 0 Å². The molecule has 0 saturated heterocycles. The summed E-state index contributed by atoms with van der Waals surface area (Å²) in [5.41, 5.74) is 0.0231. The van der Waals surface area contributed by atoms with Crippen LogP contribution in [0.25, 0.3) is 0 Å². The summed E-state index contributed by atoms with van der Waals surface area (Å²) in [6.45, 7) is 0. The summed E-state index contributed by atoms with van der Waals surface area (Å²) in [5.74, 6) is 1.05. The van der Waals surface area contributed by atoms with Gasteiger partial charge in [0.2, 0.25) is 5.91 Å². The molecule has 3 saturated carbocycles. The standard InChI is InChI=1S/C13H21NO2/c1-14(10-7-11(15)8-10)12(16)13(5-2-6-13)9-3-4-9/h9-11,15H,2-8H2,1H3. The van der Waals surface area contributed by atoms with E-state index in [2.05, 4.69) is 0 Å². The van der Waals surface area contributed by atoms with Crippen LogP contribution in [0.3, 0.4) is 0 Å². The Morgan fingerprint density at radius 3 is 2.31 bits per heavy atom. The molecule has 0 atom stereocenters. The highest BCUT2D eigenvalue weighted by Gasteiger charge is 2.56. The SMILES string of the molecule is CN(C(=O)C1(C2CC2)CCC1)C1CC(O)C1. The number of aliphatic hydroxyl groups excluding tert-OH is 1. The Morgan fingerprint density at radius 2 is 1.94 bits per heavy atom. The number of hydrogen-bond acceptors (Lipinski definition) is 2. The molecule has 3 nitrogen and oxygen atoms in total. The highest BCUT2D eigenvalue weighted by atomic mass is 16.3. The fraction of sp³-hybridized carbons (Fsp3) is 0.923. The van der Waals surface area contributed by atoms with Crippen molar-refractivity contribution in [2.24, 2.45) is 11.3 Å². The van der Waals surface area contributed by atoms with E-state index >= 15 is 0 Å². The normalized spacial score (nSPS) is 36.1. The fourth-order valence-corrected chi connectivity index (χ4v) is 3.38. The Hall–Kier alpha value is -0.570. The van der Waals surface area contributed by atoms with Crippen LogP contribution in [0.15, 0.2) is 0 Å². The predicted molar refractivity (Wildman–Crippen MR) is 60.8 cm³/mol. The molecular weight excluding hydrogens is 202 g/mol. The first-order valence-corrected chi connectivity index (χ1v) is 6.59. The van der Waals surface area contributed by atoms with Gasteiger partial charge in [0.1, 0.15) is 0 Å². The van der Waals surface area contributed by atoms with Crippen molar-refractivity contribution in [2.75, 3.05) is 7.05 Å². The van der Waals surface area contributed by atoms with Gasteiger partial charge in [0.05, 0.1) is 11.5 Å². The molecule has 0 aromatic carbocycles. The minimum Gasteiger partial charge on any atom is -0.393 e. The molecule has 0 heterocycles. The summed E-state index contributed by atoms with van der Waals surface area (Å²) in [7, 11) is 1.93. The topological polar surface area (TPSA) is 40.5 Å². The summed E-state index contributed by atoms with van der Waals surface area (Å²) in [6, 6.07) is 0.304. The van der Waals surface area contributed by atoms with Gasteiger partial charge in [-0.15, -0.1) is 0 Å². The van der Waals surface area contributed by atoms with Crippen LogP contribution in [-0.4, -0.2) is 35.1 Å². The smallest absolute Gasteiger partial charge is 0.229 e. The molecular formula is C13H21NO2. The molecule has 3 rings (SSSR count). The van der Waals surface area contributed by atoms with Crippen molar-refractivity contribution in [3.8, 4) is 0 Å². The quantitative estimate of drug-likeness (QED) is 0.788. The van der Waals surface area contributed by atoms with Gasteiger partial charge in [0, 0.05) is 13.1 Å². The van der Waals surface area contributed by atoms with E-state index in [1.807, 2.05) is 11.9 Å². The van der Waals surface area contributed by atoms with Crippen molar-refractivity contribution in [1.29, 1.82) is 0 Å². The van der Waals surface area contributed by atoms with Crippen molar-refractivity contribution >= 4 is 5.91 Å². The summed E-state index contributed by atoms with van der Waals surface area (Å²) >= 11 is 0. The van der Waals surface area contributed by atoms with E-state index in [4.69, 9.17) is 0 Å². The number of hydrogen-bond donors (Lipinski definition) is 1. The number of rotatable bonds is 3. The van der Waals surface area contributed by atoms with Crippen molar-refractivity contribution in [1.82, 2.24) is 4.90 Å². The Bertz CT molecular complexity index is 301. The van der Waals surface area contributed by atoms with Crippen LogP contribution in [0.4, 0.5) is 0 Å². The average Bonchev–Trinajstić information content (AvgIpc) is 2.94. The largest absolute Gasteiger partial charge is 0.393 e. The number of amides is 1. The Kier molecular flexibility index (Phi) is 2.29. The van der Waals surface area contributed by atoms with Gasteiger partial charge in [-0.05, 0) is 44.4 Å². The molecule has 90 valence electrons. The zero-order chi connectivity index (χ0) is 11.3. The summed E-state index contributed by atoms with van der Waals surface area (Å²) in [4.78, 5) is 14.4. The van der Waals surface area contributed by atoms with Crippen LogP contribution in [0, 0.1) is 11.3 Å². The van der Waals surface area contributed by atoms with E-state index in [9.17, 15) is 9.90 Å². The molecule has 3 heteroatoms. The van der Waals surface area contributed by atoms with Gasteiger partial charge in [0.15, 0.2) is 0 Å². The molecule has 0 bridgehead atoms. The zero-order valence-electron chi connectivity index (χ0n) is 9.98. The molecule has 1 amide bonds. The van der Waals surface area contributed by atoms with Crippen LogP contribution in [-0.2, 0) is 4.79 Å². The second-order valence-corrected chi connectivity index (χ2v) is 5.98. The van der Waals surface area contributed by atoms with Gasteiger partial charge < -0.3 is 10.0 Å². The van der Waals surface area contributed by atoms with Crippen LogP contribution in [0.5, 0.6) is 0 Å². The van der Waals surface area contributed by atoms with Crippen molar-refractivity contribution in [3.63, 3.8) is 0 Å². The fourth-order valence-electron chi connectivity index (χ4n) is 3.38. The molecule has 3 fully saturated rings. The average molecular weight is 223 g/mol. The van der Waals surface area contributed by atoms with Crippen molar-refractivity contribution in [2.45, 2.75) is 57.1 Å². The van der Waals surface area contributed by atoms with Crippen molar-refractivity contribution < 1.29 is 9.90 Å². The molecule has 3 aliphatic rings. The maximum atomic E-state index is 12.5. The third-order valence-corrected chi connectivity index (χ3v) is 4.99. The third-order valence-electron chi connectivity index (χ3n) is 4.99. The molecule has 0 aliphatic heterocycles. The summed E-state index contributed by atoms with van der Waals surface area (Å²) in [5, 5.41) is 9.31. The molecule has 0 unspecified atom stereocenters. The first kappa shape index (κ1) is 10.6. The Labute approximate surface area is 96.8 Å². The Morgan fingerprint density at radius 1 is 1.31 bits per heavy atom. The number of carbonyl (C=O) groups excluding carboxylic acids is 1. The molecule has 0 aromatic rings. The molecule has 16 heavy (non-hydrogen) atoms. The van der Waals surface area contributed by atoms with Crippen molar-refractivity contribution in [3.05, 3.63) is 0 Å². The van der Waals surface area contributed by atoms with E-state index < -0.39 is 0 Å². The lowest BCUT2D eigenvalue weighted by Gasteiger charge is -2.47. The van der Waals surface area contributed by atoms with Gasteiger partial charge in [-0.3, -0.25) is 4.79 Å². The van der Waals surface area contributed by atoms with Crippen LogP contribution < -0.4 is 0 Å². The first-order chi connectivity index (χ1) is 7.63. The lowest BCUT2D eigenvalue weighted by molar-refractivity contribution is -0.154. The lowest BCUT2D eigenvalue weighted by Crippen LogP contribution is -2.55. The predicted octanol–water partition coefficient (Wildman–Crippen LogP) is 1.55. The molecule has 0 radical (unpaired) electrons. The second-order valence-electron chi connectivity index (χ2n) is 5.98. The van der Waals surface area contributed by atoms with Crippen LogP contribution >= 0.6 is 0 Å². The summed E-state index contributed by atoms with van der Waals surface area (Å²) in [6.07, 6.45) is 7.35. The highest BCUT2D eigenvalue weighted by Crippen LogP contribution is 2.58. The van der Waals surface area contributed by atoms with E-state index in [1.54, 1.807) is 0 Å². The molecule has 0 spiro atoms. The second kappa shape index (κ2) is 3.46. The molecule has 3 aliphatic carbocycles. The van der Waals surface area contributed by atoms with Gasteiger partial charge in [-0.2, -0.15) is 0 Å². The van der Waals surface area contributed by atoms with Crippen LogP contribution in [0.2, 0.25) is 0 Å². The van der Waals surface area contributed by atoms with E-state index in [-0.39, 0.29) is 11.5 Å². The maximum absolute atomic E-state index is 12.5. The number of carbonyl (C=O) groups is 1. The number of nitrogens with zero attached hydrogens (tertiary/aromatic N) is 1. The Balaban J connectivity index is 1.67. The van der Waals surface area contributed by atoms with E-state index in [0.717, 1.165) is 25.7 Å². The zero-order valence-corrected chi connectivity index (χ0v) is 9.98. The van der Waals surface area contributed by atoms with Gasteiger partial charge in [-0.1, -0.05) is 6.42 Å². The lowest BCUT2D eigenvalue weighted by atomic mass is 9.64. The third kappa shape index (κ3) is 1.41. The van der Waals surface area contributed by atoms with E-state index in [1.165, 1.54) is 19.3 Å². The minimum absolute atomic E-state index is 0.0231. The van der Waals surface area contributed by atoms with Crippen LogP contribution in [0.1, 0.15) is 44.9 Å². The molecule has 0 aromatic heterocycles. The van der Waals surface area contributed by atoms with E-state index in [0.29, 0.717) is 17.9 Å². The van der Waals surface area contributed by atoms with Gasteiger partial charge >= 0.3 is 0 Å². The molecule has 1 N–H and O–H groups in total. The maximum Gasteiger partial charge on any atom is 0.229 e. The number of aliphatic hydroxyl groups is 1. The highest BCUT2D eigenvalue weighted by molar-refractivity contribution is 5.84. The van der Waals surface area contributed by atoms with Gasteiger partial charge in [0.25, 0.3) is 0 Å². The summed E-state index contributed by atoms with van der Waals surface area (Å²) < 4.78 is 0. The first-order valence-electron chi connectivity index (χ1n) is 6.59.